The van der Waals surface area contributed by atoms with E-state index in [9.17, 15) is 13.7 Å². The van der Waals surface area contributed by atoms with E-state index in [1.807, 2.05) is 63.2 Å². The number of hydrogen-bond acceptors (Lipinski definition) is 6. The summed E-state index contributed by atoms with van der Waals surface area (Å²) in [4.78, 5) is 25.3. The van der Waals surface area contributed by atoms with Crippen molar-refractivity contribution in [3.8, 4) is 11.5 Å². The van der Waals surface area contributed by atoms with Crippen molar-refractivity contribution in [2.24, 2.45) is 5.73 Å². The van der Waals surface area contributed by atoms with E-state index in [1.54, 1.807) is 32.5 Å². The Morgan fingerprint density at radius 2 is 1.47 bits per heavy atom. The molecule has 4 N–H and O–H groups in total. The van der Waals surface area contributed by atoms with E-state index in [4.69, 9.17) is 14.3 Å². The van der Waals surface area contributed by atoms with Gasteiger partial charge >= 0.3 is 0 Å². The molecule has 10 heteroatoms. The minimum Gasteiger partial charge on any atom is -0.493 e. The highest BCUT2D eigenvalue weighted by molar-refractivity contribution is 6.01. The molecule has 5 rings (SSSR count). The van der Waals surface area contributed by atoms with Crippen LogP contribution >= 0.6 is 0 Å². The number of ether oxygens (including phenoxy) is 2. The van der Waals surface area contributed by atoms with Gasteiger partial charge in [-0.05, 0) is 74.2 Å². The average Bonchev–Trinajstić information content (AvgIpc) is 3.83. The summed E-state index contributed by atoms with van der Waals surface area (Å²) >= 11 is 0. The molecule has 43 heavy (non-hydrogen) atoms. The lowest BCUT2D eigenvalue weighted by Gasteiger charge is -2.16. The molecule has 232 valence electrons. The van der Waals surface area contributed by atoms with Crippen molar-refractivity contribution >= 4 is 28.9 Å². The molecule has 0 aliphatic heterocycles. The monoisotopic (exact) mass is 596 g/mol. The zero-order valence-corrected chi connectivity index (χ0v) is 25.8. The summed E-state index contributed by atoms with van der Waals surface area (Å²) in [6.07, 6.45) is 3.68. The lowest BCUT2D eigenvalue weighted by atomic mass is 9.95. The third kappa shape index (κ3) is 10.6. The SMILES string of the molecule is CC.CNF.COc1cc2nccc(C)c2cc1OC.Cc1ccc(NC(=O)C2(c3ccc(F)cc3)CC2)cc1.NC=O. The standard InChI is InChI=1S/C17H16FNO.C12H13NO2.C2H6.CH4FN.CH3NO/c1-12-2-8-15(9-3-12)19-16(20)17(10-11-17)13-4-6-14(18)7-5-13;1-8-4-5-13-10-7-12(15-3)11(14-2)6-9(8)10;1-2;1-3-2;2-1-3/h2-9H,10-11H2,1H3,(H,19,20);4-7H,1-3H3;1-2H3;3H,1H3;1H,(H2,2,3). The molecular formula is C33H42F2N4O4. The fraction of sp³-hybridized carbons (Fsp3) is 0.303. The largest absolute Gasteiger partial charge is 0.493 e. The van der Waals surface area contributed by atoms with E-state index in [-0.39, 0.29) is 18.1 Å². The molecule has 1 aromatic heterocycles. The van der Waals surface area contributed by atoms with Crippen molar-refractivity contribution in [3.63, 3.8) is 0 Å². The number of aryl methyl sites for hydroxylation is 2. The second kappa shape index (κ2) is 18.8. The van der Waals surface area contributed by atoms with Crippen LogP contribution in [-0.2, 0) is 15.0 Å². The summed E-state index contributed by atoms with van der Waals surface area (Å²) < 4.78 is 33.5. The molecule has 4 aromatic rings. The number of methoxy groups -OCH3 is 2. The van der Waals surface area contributed by atoms with Gasteiger partial charge in [0.05, 0.1) is 25.2 Å². The Balaban J connectivity index is 0.000000355. The summed E-state index contributed by atoms with van der Waals surface area (Å²) in [6, 6.07) is 19.8. The van der Waals surface area contributed by atoms with E-state index < -0.39 is 5.41 Å². The molecule has 8 nitrogen and oxygen atoms in total. The maximum atomic E-state index is 13.0. The number of carbonyl (C=O) groups is 2. The number of rotatable bonds is 5. The summed E-state index contributed by atoms with van der Waals surface area (Å²) in [5.74, 6) is 1.17. The Labute approximate surface area is 252 Å². The number of hydrogen-bond donors (Lipinski definition) is 3. The van der Waals surface area contributed by atoms with Crippen molar-refractivity contribution in [1.29, 1.82) is 0 Å². The van der Waals surface area contributed by atoms with Gasteiger partial charge in [-0.3, -0.25) is 14.6 Å². The van der Waals surface area contributed by atoms with E-state index >= 15 is 0 Å². The maximum Gasteiger partial charge on any atom is 0.235 e. The van der Waals surface area contributed by atoms with Gasteiger partial charge in [-0.25, -0.2) is 4.39 Å². The highest BCUT2D eigenvalue weighted by atomic mass is 19.2. The van der Waals surface area contributed by atoms with Gasteiger partial charge in [-0.1, -0.05) is 43.7 Å². The van der Waals surface area contributed by atoms with Crippen LogP contribution in [0, 0.1) is 19.7 Å². The molecule has 1 aliphatic rings. The number of amides is 2. The van der Waals surface area contributed by atoms with Crippen molar-refractivity contribution in [2.45, 2.75) is 46.0 Å². The van der Waals surface area contributed by atoms with Gasteiger partial charge < -0.3 is 20.5 Å². The van der Waals surface area contributed by atoms with Crippen LogP contribution in [0.2, 0.25) is 0 Å². The number of anilines is 1. The number of nitrogens with one attached hydrogen (secondary N) is 2. The first-order valence-electron chi connectivity index (χ1n) is 13.7. The van der Waals surface area contributed by atoms with Crippen molar-refractivity contribution in [3.05, 3.63) is 95.4 Å². The summed E-state index contributed by atoms with van der Waals surface area (Å²) in [5, 5.41) is 4.05. The first-order valence-corrected chi connectivity index (χ1v) is 13.7. The van der Waals surface area contributed by atoms with Gasteiger partial charge in [0.1, 0.15) is 5.82 Å². The molecule has 1 aliphatic carbocycles. The first-order chi connectivity index (χ1) is 20.7. The summed E-state index contributed by atoms with van der Waals surface area (Å²) in [7, 11) is 4.47. The number of nitrogens with two attached hydrogens (primary N) is 1. The van der Waals surface area contributed by atoms with Crippen molar-refractivity contribution < 1.29 is 27.9 Å². The number of aromatic nitrogens is 1. The average molecular weight is 597 g/mol. The van der Waals surface area contributed by atoms with Crippen LogP contribution in [0.3, 0.4) is 0 Å². The molecule has 1 fully saturated rings. The number of carbonyl (C=O) groups excluding carboxylic acids is 2. The van der Waals surface area contributed by atoms with Gasteiger partial charge in [-0.2, -0.15) is 5.54 Å². The lowest BCUT2D eigenvalue weighted by molar-refractivity contribution is -0.118. The Morgan fingerprint density at radius 3 is 1.95 bits per heavy atom. The third-order valence-corrected chi connectivity index (χ3v) is 6.36. The fourth-order valence-corrected chi connectivity index (χ4v) is 4.04. The lowest BCUT2D eigenvalue weighted by Crippen LogP contribution is -2.27. The number of benzene rings is 3. The smallest absolute Gasteiger partial charge is 0.235 e. The van der Waals surface area contributed by atoms with Crippen LogP contribution in [0.15, 0.2) is 72.9 Å². The van der Waals surface area contributed by atoms with E-state index in [0.29, 0.717) is 5.75 Å². The van der Waals surface area contributed by atoms with Crippen molar-refractivity contribution in [2.75, 3.05) is 26.6 Å². The van der Waals surface area contributed by atoms with Crippen LogP contribution < -0.4 is 26.1 Å². The normalized spacial score (nSPS) is 11.7. The topological polar surface area (TPSA) is 116 Å². The van der Waals surface area contributed by atoms with E-state index in [0.717, 1.165) is 46.3 Å². The number of nitrogens with zero attached hydrogens (tertiary/aromatic N) is 1. The van der Waals surface area contributed by atoms with Crippen LogP contribution in [0.1, 0.15) is 43.4 Å². The summed E-state index contributed by atoms with van der Waals surface area (Å²) in [6.45, 7) is 8.06. The van der Waals surface area contributed by atoms with Gasteiger partial charge in [0.25, 0.3) is 0 Å². The number of halogens is 2. The molecular weight excluding hydrogens is 554 g/mol. The fourth-order valence-electron chi connectivity index (χ4n) is 4.04. The molecule has 3 aromatic carbocycles. The van der Waals surface area contributed by atoms with Crippen LogP contribution in [-0.4, -0.2) is 38.6 Å². The van der Waals surface area contributed by atoms with Gasteiger partial charge in [0.2, 0.25) is 12.3 Å². The molecule has 0 spiro atoms. The third-order valence-electron chi connectivity index (χ3n) is 6.36. The Bertz CT molecular complexity index is 1410. The second-order valence-electron chi connectivity index (χ2n) is 9.09. The zero-order chi connectivity index (χ0) is 32.4. The minimum absolute atomic E-state index is 0.00652. The second-order valence-corrected chi connectivity index (χ2v) is 9.09. The van der Waals surface area contributed by atoms with E-state index in [2.05, 4.69) is 23.0 Å². The predicted octanol–water partition coefficient (Wildman–Crippen LogP) is 6.58. The Kier molecular flexibility index (Phi) is 15.9. The molecule has 0 bridgehead atoms. The molecule has 0 radical (unpaired) electrons. The number of pyridine rings is 1. The van der Waals surface area contributed by atoms with E-state index in [1.165, 1.54) is 30.3 Å². The first kappa shape index (κ1) is 36.5. The molecule has 1 heterocycles. The Hall–Kier alpha value is -4.57. The van der Waals surface area contributed by atoms with Gasteiger partial charge in [0, 0.05) is 30.4 Å². The Morgan fingerprint density at radius 1 is 0.953 bits per heavy atom. The highest BCUT2D eigenvalue weighted by Crippen LogP contribution is 2.49. The highest BCUT2D eigenvalue weighted by Gasteiger charge is 2.51. The molecule has 0 saturated heterocycles. The van der Waals surface area contributed by atoms with Crippen LogP contribution in [0.4, 0.5) is 14.6 Å². The number of primary amides is 1. The zero-order valence-electron chi connectivity index (χ0n) is 25.8. The van der Waals surface area contributed by atoms with Crippen molar-refractivity contribution in [1.82, 2.24) is 10.5 Å². The minimum atomic E-state index is -0.474. The van der Waals surface area contributed by atoms with Gasteiger partial charge in [-0.15, -0.1) is 4.48 Å². The molecule has 1 saturated carbocycles. The molecule has 0 atom stereocenters. The van der Waals surface area contributed by atoms with Crippen LogP contribution in [0.25, 0.3) is 10.9 Å². The number of fused-ring (bicyclic) bond motifs is 1. The van der Waals surface area contributed by atoms with Gasteiger partial charge in [0.15, 0.2) is 11.5 Å². The molecule has 2 amide bonds. The predicted molar refractivity (Wildman–Crippen MR) is 168 cm³/mol. The maximum absolute atomic E-state index is 13.0. The summed E-state index contributed by atoms with van der Waals surface area (Å²) in [5.41, 5.74) is 9.90. The quantitative estimate of drug-likeness (QED) is 0.177. The van der Waals surface area contributed by atoms with Crippen LogP contribution in [0.5, 0.6) is 11.5 Å². The molecule has 0 unspecified atom stereocenters.